The molecule has 3 rings (SSSR count). The molecule has 2 atom stereocenters. The van der Waals surface area contributed by atoms with Crippen molar-refractivity contribution in [1.82, 2.24) is 0 Å². The van der Waals surface area contributed by atoms with Gasteiger partial charge in [0, 0.05) is 6.04 Å². The zero-order valence-corrected chi connectivity index (χ0v) is 10.3. The topological polar surface area (TPSA) is 26.0 Å². The molecule has 2 aromatic rings. The number of rotatable bonds is 3. The van der Waals surface area contributed by atoms with E-state index < -0.39 is 0 Å². The lowest BCUT2D eigenvalue weighted by Gasteiger charge is -2.20. The van der Waals surface area contributed by atoms with Crippen LogP contribution in [0.15, 0.2) is 42.5 Å². The predicted molar refractivity (Wildman–Crippen MR) is 72.8 cm³/mol. The van der Waals surface area contributed by atoms with Gasteiger partial charge in [-0.3, -0.25) is 0 Å². The molecular weight excluding hydrogens is 206 g/mol. The predicted octanol–water partition coefficient (Wildman–Crippen LogP) is 3.89. The summed E-state index contributed by atoms with van der Waals surface area (Å²) in [4.78, 5) is 0. The minimum absolute atomic E-state index is 0.187. The van der Waals surface area contributed by atoms with Crippen LogP contribution in [0.5, 0.6) is 0 Å². The maximum absolute atomic E-state index is 6.37. The fraction of sp³-hybridized carbons (Fsp3) is 0.375. The molecule has 0 aliphatic heterocycles. The molecule has 2 N–H and O–H groups in total. The van der Waals surface area contributed by atoms with Crippen molar-refractivity contribution >= 4 is 10.8 Å². The molecule has 88 valence electrons. The van der Waals surface area contributed by atoms with Crippen molar-refractivity contribution in [1.29, 1.82) is 0 Å². The van der Waals surface area contributed by atoms with Crippen LogP contribution in [0.3, 0.4) is 0 Å². The van der Waals surface area contributed by atoms with Crippen molar-refractivity contribution in [3.05, 3.63) is 48.0 Å². The van der Waals surface area contributed by atoms with Crippen LogP contribution >= 0.6 is 0 Å². The Morgan fingerprint density at radius 3 is 2.47 bits per heavy atom. The first-order valence-corrected chi connectivity index (χ1v) is 6.50. The van der Waals surface area contributed by atoms with E-state index in [1.165, 1.54) is 29.2 Å². The number of benzene rings is 2. The molecule has 0 spiro atoms. The monoisotopic (exact) mass is 225 g/mol. The molecule has 0 amide bonds. The Morgan fingerprint density at radius 1 is 1.06 bits per heavy atom. The van der Waals surface area contributed by atoms with Gasteiger partial charge in [-0.25, -0.2) is 0 Å². The van der Waals surface area contributed by atoms with E-state index in [0.29, 0.717) is 5.92 Å². The van der Waals surface area contributed by atoms with E-state index in [2.05, 4.69) is 49.4 Å². The van der Waals surface area contributed by atoms with E-state index in [0.717, 1.165) is 5.92 Å². The van der Waals surface area contributed by atoms with E-state index in [4.69, 9.17) is 5.73 Å². The van der Waals surface area contributed by atoms with Crippen LogP contribution in [0, 0.1) is 11.8 Å². The second kappa shape index (κ2) is 4.15. The van der Waals surface area contributed by atoms with Gasteiger partial charge in [-0.1, -0.05) is 43.3 Å². The highest BCUT2D eigenvalue weighted by Gasteiger charge is 2.32. The molecule has 1 aliphatic carbocycles. The average Bonchev–Trinajstić information content (AvgIpc) is 3.21. The first-order valence-electron chi connectivity index (χ1n) is 6.50. The lowest BCUT2D eigenvalue weighted by Crippen LogP contribution is -2.20. The minimum atomic E-state index is 0.187. The summed E-state index contributed by atoms with van der Waals surface area (Å²) >= 11 is 0. The molecule has 1 aliphatic rings. The summed E-state index contributed by atoms with van der Waals surface area (Å²) in [5, 5.41) is 2.59. The Balaban J connectivity index is 1.93. The normalized spacial score (nSPS) is 19.2. The van der Waals surface area contributed by atoms with Crippen molar-refractivity contribution in [2.45, 2.75) is 25.8 Å². The van der Waals surface area contributed by atoms with Crippen LogP contribution in [0.25, 0.3) is 10.8 Å². The summed E-state index contributed by atoms with van der Waals surface area (Å²) in [6, 6.07) is 15.3. The number of nitrogens with two attached hydrogens (primary N) is 1. The molecule has 1 nitrogen and oxygen atoms in total. The number of hydrogen-bond donors (Lipinski definition) is 1. The largest absolute Gasteiger partial charge is 0.324 e. The fourth-order valence-corrected chi connectivity index (χ4v) is 2.63. The van der Waals surface area contributed by atoms with Gasteiger partial charge in [0.05, 0.1) is 0 Å². The van der Waals surface area contributed by atoms with Crippen LogP contribution in [-0.2, 0) is 0 Å². The molecule has 2 unspecified atom stereocenters. The summed E-state index contributed by atoms with van der Waals surface area (Å²) < 4.78 is 0. The molecule has 0 aromatic heterocycles. The number of fused-ring (bicyclic) bond motifs is 1. The van der Waals surface area contributed by atoms with Gasteiger partial charge >= 0.3 is 0 Å². The molecule has 0 saturated heterocycles. The van der Waals surface area contributed by atoms with E-state index in [-0.39, 0.29) is 6.04 Å². The van der Waals surface area contributed by atoms with E-state index in [1.54, 1.807) is 0 Å². The van der Waals surface area contributed by atoms with Crippen molar-refractivity contribution in [3.63, 3.8) is 0 Å². The Labute approximate surface area is 103 Å². The van der Waals surface area contributed by atoms with Crippen LogP contribution in [0.1, 0.15) is 31.4 Å². The van der Waals surface area contributed by atoms with Crippen molar-refractivity contribution < 1.29 is 0 Å². The van der Waals surface area contributed by atoms with Gasteiger partial charge in [0.15, 0.2) is 0 Å². The maximum Gasteiger partial charge on any atom is 0.0323 e. The Hall–Kier alpha value is -1.34. The first kappa shape index (κ1) is 10.8. The molecule has 0 heterocycles. The van der Waals surface area contributed by atoms with Crippen LogP contribution in [-0.4, -0.2) is 0 Å². The molecule has 17 heavy (non-hydrogen) atoms. The van der Waals surface area contributed by atoms with Gasteiger partial charge in [-0.2, -0.15) is 0 Å². The maximum atomic E-state index is 6.37. The molecule has 2 aromatic carbocycles. The second-order valence-corrected chi connectivity index (χ2v) is 5.33. The third kappa shape index (κ3) is 2.07. The lowest BCUT2D eigenvalue weighted by molar-refractivity contribution is 0.417. The van der Waals surface area contributed by atoms with E-state index in [1.807, 2.05) is 0 Å². The van der Waals surface area contributed by atoms with Gasteiger partial charge in [0.1, 0.15) is 0 Å². The molecule has 0 bridgehead atoms. The fourth-order valence-electron chi connectivity index (χ4n) is 2.63. The smallest absolute Gasteiger partial charge is 0.0323 e. The van der Waals surface area contributed by atoms with E-state index >= 15 is 0 Å². The standard InChI is InChI=1S/C16H19N/c1-11(12-6-7-12)16(17)15-9-8-13-4-2-3-5-14(13)10-15/h2-5,8-12,16H,6-7,17H2,1H3. The molecular formula is C16H19N. The van der Waals surface area contributed by atoms with Crippen LogP contribution in [0.2, 0.25) is 0 Å². The Kier molecular flexibility index (Phi) is 2.64. The van der Waals surface area contributed by atoms with Gasteiger partial charge < -0.3 is 5.73 Å². The van der Waals surface area contributed by atoms with Gasteiger partial charge in [0.25, 0.3) is 0 Å². The average molecular weight is 225 g/mol. The summed E-state index contributed by atoms with van der Waals surface area (Å²) in [6.07, 6.45) is 2.73. The summed E-state index contributed by atoms with van der Waals surface area (Å²) in [5.74, 6) is 1.47. The van der Waals surface area contributed by atoms with Gasteiger partial charge in [-0.15, -0.1) is 0 Å². The molecule has 0 radical (unpaired) electrons. The zero-order chi connectivity index (χ0) is 11.8. The highest BCUT2D eigenvalue weighted by atomic mass is 14.7. The quantitative estimate of drug-likeness (QED) is 0.842. The number of hydrogen-bond acceptors (Lipinski definition) is 1. The highest BCUT2D eigenvalue weighted by Crippen LogP contribution is 2.41. The van der Waals surface area contributed by atoms with Crippen molar-refractivity contribution in [2.75, 3.05) is 0 Å². The molecule has 1 fully saturated rings. The first-order chi connectivity index (χ1) is 8.25. The third-order valence-corrected chi connectivity index (χ3v) is 4.09. The van der Waals surface area contributed by atoms with Crippen LogP contribution < -0.4 is 5.73 Å². The summed E-state index contributed by atoms with van der Waals surface area (Å²) in [5.41, 5.74) is 7.65. The second-order valence-electron chi connectivity index (χ2n) is 5.33. The SMILES string of the molecule is CC(C1CC1)C(N)c1ccc2ccccc2c1. The van der Waals surface area contributed by atoms with Crippen molar-refractivity contribution in [2.24, 2.45) is 17.6 Å². The van der Waals surface area contributed by atoms with Gasteiger partial charge in [-0.05, 0) is 47.1 Å². The van der Waals surface area contributed by atoms with Gasteiger partial charge in [0.2, 0.25) is 0 Å². The minimum Gasteiger partial charge on any atom is -0.324 e. The van der Waals surface area contributed by atoms with Crippen molar-refractivity contribution in [3.8, 4) is 0 Å². The Bertz CT molecular complexity index is 528. The third-order valence-electron chi connectivity index (χ3n) is 4.09. The summed E-state index contributed by atoms with van der Waals surface area (Å²) in [7, 11) is 0. The molecule has 1 heteroatoms. The summed E-state index contributed by atoms with van der Waals surface area (Å²) in [6.45, 7) is 2.29. The van der Waals surface area contributed by atoms with Crippen LogP contribution in [0.4, 0.5) is 0 Å². The Morgan fingerprint density at radius 2 is 1.76 bits per heavy atom. The molecule has 1 saturated carbocycles. The zero-order valence-electron chi connectivity index (χ0n) is 10.3. The highest BCUT2D eigenvalue weighted by molar-refractivity contribution is 5.83. The van der Waals surface area contributed by atoms with E-state index in [9.17, 15) is 0 Å². The lowest BCUT2D eigenvalue weighted by atomic mass is 9.90.